The first-order valence-electron chi connectivity index (χ1n) is 10.5. The molecule has 9 nitrogen and oxygen atoms in total. The van der Waals surface area contributed by atoms with Crippen LogP contribution >= 0.6 is 0 Å². The Kier molecular flexibility index (Phi) is 6.09. The third-order valence-corrected chi connectivity index (χ3v) is 5.29. The monoisotopic (exact) mass is 460 g/mol. The van der Waals surface area contributed by atoms with Crippen molar-refractivity contribution >= 4 is 29.2 Å². The molecule has 2 N–H and O–H groups in total. The molecule has 0 aliphatic rings. The van der Waals surface area contributed by atoms with Crippen LogP contribution in [0.15, 0.2) is 65.3 Å². The van der Waals surface area contributed by atoms with Gasteiger partial charge in [-0.15, -0.1) is 0 Å². The highest BCUT2D eigenvalue weighted by Gasteiger charge is 2.16. The molecule has 4 rings (SSSR count). The summed E-state index contributed by atoms with van der Waals surface area (Å²) in [5, 5.41) is 5.67. The van der Waals surface area contributed by atoms with Crippen LogP contribution in [0.2, 0.25) is 0 Å². The molecule has 0 atom stereocenters. The first-order chi connectivity index (χ1) is 16.2. The number of benzene rings is 1. The summed E-state index contributed by atoms with van der Waals surface area (Å²) in [4.78, 5) is 36.9. The molecule has 0 saturated carbocycles. The maximum absolute atomic E-state index is 12.8. The average molecular weight is 460 g/mol. The zero-order valence-electron chi connectivity index (χ0n) is 19.2. The van der Waals surface area contributed by atoms with Crippen LogP contribution in [0.25, 0.3) is 11.3 Å². The molecule has 2 amide bonds. The fourth-order valence-corrected chi connectivity index (χ4v) is 3.63. The molecule has 0 fully saturated rings. The van der Waals surface area contributed by atoms with Crippen LogP contribution in [0.4, 0.5) is 11.4 Å². The number of furan rings is 1. The van der Waals surface area contributed by atoms with E-state index in [9.17, 15) is 14.4 Å². The van der Waals surface area contributed by atoms with E-state index in [-0.39, 0.29) is 17.6 Å². The molecule has 0 radical (unpaired) electrons. The number of rotatable bonds is 6. The van der Waals surface area contributed by atoms with Gasteiger partial charge in [0.1, 0.15) is 17.1 Å². The summed E-state index contributed by atoms with van der Waals surface area (Å²) in [5.41, 5.74) is 3.75. The first-order valence-corrected chi connectivity index (χ1v) is 10.5. The lowest BCUT2D eigenvalue weighted by Crippen LogP contribution is -2.15. The Balaban J connectivity index is 1.43. The van der Waals surface area contributed by atoms with Gasteiger partial charge >= 0.3 is 5.97 Å². The van der Waals surface area contributed by atoms with E-state index in [1.54, 1.807) is 78.0 Å². The van der Waals surface area contributed by atoms with Crippen LogP contribution < -0.4 is 10.6 Å². The highest BCUT2D eigenvalue weighted by molar-refractivity contribution is 6.06. The summed E-state index contributed by atoms with van der Waals surface area (Å²) in [6, 6.07) is 13.6. The van der Waals surface area contributed by atoms with E-state index in [4.69, 9.17) is 4.42 Å². The Labute approximate surface area is 195 Å². The van der Waals surface area contributed by atoms with Gasteiger partial charge in [-0.1, -0.05) is 0 Å². The summed E-state index contributed by atoms with van der Waals surface area (Å²) in [6.45, 7) is 1.92. The topological polar surface area (TPSA) is 108 Å². The van der Waals surface area contributed by atoms with Gasteiger partial charge in [0, 0.05) is 37.7 Å². The molecular weight excluding hydrogens is 436 g/mol. The van der Waals surface area contributed by atoms with Gasteiger partial charge in [0.2, 0.25) is 5.76 Å². The number of aryl methyl sites for hydroxylation is 3. The van der Waals surface area contributed by atoms with Gasteiger partial charge in [0.25, 0.3) is 11.8 Å². The highest BCUT2D eigenvalue weighted by Crippen LogP contribution is 2.25. The van der Waals surface area contributed by atoms with Gasteiger partial charge in [-0.2, -0.15) is 0 Å². The van der Waals surface area contributed by atoms with Crippen molar-refractivity contribution < 1.29 is 23.5 Å². The zero-order chi connectivity index (χ0) is 24.4. The Morgan fingerprint density at radius 2 is 1.44 bits per heavy atom. The summed E-state index contributed by atoms with van der Waals surface area (Å²) >= 11 is 0. The Morgan fingerprint density at radius 1 is 0.824 bits per heavy atom. The van der Waals surface area contributed by atoms with Crippen molar-refractivity contribution in [3.63, 3.8) is 0 Å². The number of methoxy groups -OCH3 is 1. The minimum atomic E-state index is -0.549. The van der Waals surface area contributed by atoms with Crippen LogP contribution in [0, 0.1) is 6.92 Å². The number of amides is 2. The van der Waals surface area contributed by atoms with Gasteiger partial charge < -0.3 is 28.9 Å². The van der Waals surface area contributed by atoms with Gasteiger partial charge in [-0.3, -0.25) is 9.59 Å². The number of anilines is 2. The standard InChI is InChI=1S/C25H24N4O5/c1-15-11-19(28(2)13-15)23(30)27-18-12-20(29(3)14-18)24(31)26-17-7-5-16(6-8-17)21-9-10-22(34-21)25(32)33-4/h5-14H,1-4H3,(H,26,31)(H,27,30). The van der Waals surface area contributed by atoms with Crippen molar-refractivity contribution in [1.82, 2.24) is 9.13 Å². The van der Waals surface area contributed by atoms with Gasteiger partial charge in [0.15, 0.2) is 0 Å². The second kappa shape index (κ2) is 9.14. The predicted molar refractivity (Wildman–Crippen MR) is 127 cm³/mol. The smallest absolute Gasteiger partial charge is 0.373 e. The minimum absolute atomic E-state index is 0.115. The molecule has 9 heteroatoms. The SMILES string of the molecule is COC(=O)c1ccc(-c2ccc(NC(=O)c3cc(NC(=O)c4cc(C)cn4C)cn3C)cc2)o1. The molecule has 174 valence electrons. The lowest BCUT2D eigenvalue weighted by atomic mass is 10.1. The summed E-state index contributed by atoms with van der Waals surface area (Å²) in [5.74, 6) is -0.501. The number of esters is 1. The maximum atomic E-state index is 12.8. The Hall–Kier alpha value is -4.53. The molecule has 4 aromatic rings. The summed E-state index contributed by atoms with van der Waals surface area (Å²) in [7, 11) is 4.83. The van der Waals surface area contributed by atoms with Crippen LogP contribution in [0.1, 0.15) is 37.1 Å². The maximum Gasteiger partial charge on any atom is 0.373 e. The summed E-state index contributed by atoms with van der Waals surface area (Å²) in [6.07, 6.45) is 3.55. The van der Waals surface area contributed by atoms with E-state index in [2.05, 4.69) is 15.4 Å². The molecule has 0 aliphatic heterocycles. The second-order valence-corrected chi connectivity index (χ2v) is 7.88. The number of carbonyl (C=O) groups is 3. The molecule has 0 unspecified atom stereocenters. The molecule has 0 bridgehead atoms. The summed E-state index contributed by atoms with van der Waals surface area (Å²) < 4.78 is 13.5. The van der Waals surface area contributed by atoms with E-state index in [1.165, 1.54) is 7.11 Å². The number of hydrogen-bond acceptors (Lipinski definition) is 5. The number of hydrogen-bond donors (Lipinski definition) is 2. The number of carbonyl (C=O) groups excluding carboxylic acids is 3. The van der Waals surface area contributed by atoms with Crippen LogP contribution in [-0.2, 0) is 18.8 Å². The molecule has 34 heavy (non-hydrogen) atoms. The number of aromatic nitrogens is 2. The predicted octanol–water partition coefficient (Wildman–Crippen LogP) is 4.22. The molecule has 0 aliphatic carbocycles. The lowest BCUT2D eigenvalue weighted by molar-refractivity contribution is 0.0566. The van der Waals surface area contributed by atoms with E-state index in [1.807, 2.05) is 13.1 Å². The Bertz CT molecular complexity index is 1370. The van der Waals surface area contributed by atoms with Crippen molar-refractivity contribution in [1.29, 1.82) is 0 Å². The molecular formula is C25H24N4O5. The molecule has 3 aromatic heterocycles. The zero-order valence-corrected chi connectivity index (χ0v) is 19.2. The van der Waals surface area contributed by atoms with Crippen LogP contribution in [-0.4, -0.2) is 34.0 Å². The number of nitrogens with one attached hydrogen (secondary N) is 2. The normalized spacial score (nSPS) is 10.7. The third kappa shape index (κ3) is 4.63. The molecule has 3 heterocycles. The van der Waals surface area contributed by atoms with Gasteiger partial charge in [-0.25, -0.2) is 4.79 Å². The van der Waals surface area contributed by atoms with Gasteiger partial charge in [0.05, 0.1) is 12.8 Å². The minimum Gasteiger partial charge on any atom is -0.463 e. The highest BCUT2D eigenvalue weighted by atomic mass is 16.5. The van der Waals surface area contributed by atoms with Crippen LogP contribution in [0.5, 0.6) is 0 Å². The second-order valence-electron chi connectivity index (χ2n) is 7.88. The fraction of sp³-hybridized carbons (Fsp3) is 0.160. The average Bonchev–Trinajstić information content (AvgIpc) is 3.52. The van der Waals surface area contributed by atoms with Gasteiger partial charge in [-0.05, 0) is 61.0 Å². The van der Waals surface area contributed by atoms with Crippen molar-refractivity contribution in [2.24, 2.45) is 14.1 Å². The van der Waals surface area contributed by atoms with Crippen molar-refractivity contribution in [2.45, 2.75) is 6.92 Å². The van der Waals surface area contributed by atoms with E-state index >= 15 is 0 Å². The quantitative estimate of drug-likeness (QED) is 0.419. The van der Waals surface area contributed by atoms with Crippen molar-refractivity contribution in [3.8, 4) is 11.3 Å². The molecule has 0 saturated heterocycles. The Morgan fingerprint density at radius 3 is 2.06 bits per heavy atom. The first kappa shape index (κ1) is 22.7. The fourth-order valence-electron chi connectivity index (χ4n) is 3.63. The third-order valence-electron chi connectivity index (χ3n) is 5.29. The van der Waals surface area contributed by atoms with E-state index < -0.39 is 5.97 Å². The molecule has 0 spiro atoms. The molecule has 1 aromatic carbocycles. The lowest BCUT2D eigenvalue weighted by Gasteiger charge is -2.06. The van der Waals surface area contributed by atoms with E-state index in [0.717, 1.165) is 11.1 Å². The van der Waals surface area contributed by atoms with E-state index in [0.29, 0.717) is 28.5 Å². The van der Waals surface area contributed by atoms with Crippen LogP contribution in [0.3, 0.4) is 0 Å². The number of ether oxygens (including phenoxy) is 1. The van der Waals surface area contributed by atoms with Crippen molar-refractivity contribution in [2.75, 3.05) is 17.7 Å². The number of nitrogens with zero attached hydrogens (tertiary/aromatic N) is 2. The van der Waals surface area contributed by atoms with Crippen molar-refractivity contribution in [3.05, 3.63) is 83.6 Å². The largest absolute Gasteiger partial charge is 0.463 e.